The number of nitrogens with one attached hydrogen (secondary N) is 1. The Bertz CT molecular complexity index is 489. The molecule has 86 valence electrons. The fourth-order valence-corrected chi connectivity index (χ4v) is 1.35. The number of furan rings is 1. The number of carbonyl (C=O) groups is 1. The predicted molar refractivity (Wildman–Crippen MR) is 64.6 cm³/mol. The summed E-state index contributed by atoms with van der Waals surface area (Å²) in [5.41, 5.74) is 3.40. The average molecular weight is 228 g/mol. The lowest BCUT2D eigenvalue weighted by Crippen LogP contribution is -2.19. The van der Waals surface area contributed by atoms with Crippen LogP contribution in [0.1, 0.15) is 11.3 Å². The molecule has 4 heteroatoms. The van der Waals surface area contributed by atoms with Crippen LogP contribution in [-0.4, -0.2) is 12.1 Å². The van der Waals surface area contributed by atoms with Gasteiger partial charge < -0.3 is 4.42 Å². The van der Waals surface area contributed by atoms with E-state index in [0.717, 1.165) is 5.56 Å². The first kappa shape index (κ1) is 11.1. The van der Waals surface area contributed by atoms with Gasteiger partial charge in [-0.15, -0.1) is 0 Å². The van der Waals surface area contributed by atoms with E-state index in [1.54, 1.807) is 18.4 Å². The van der Waals surface area contributed by atoms with Crippen molar-refractivity contribution in [2.24, 2.45) is 5.10 Å². The van der Waals surface area contributed by atoms with Crippen molar-refractivity contribution in [3.05, 3.63) is 60.1 Å². The second kappa shape index (κ2) is 5.65. The van der Waals surface area contributed by atoms with E-state index >= 15 is 0 Å². The molecule has 0 aliphatic carbocycles. The van der Waals surface area contributed by atoms with Crippen molar-refractivity contribution in [3.63, 3.8) is 0 Å². The van der Waals surface area contributed by atoms with E-state index in [-0.39, 0.29) is 5.91 Å². The molecule has 0 aliphatic rings. The first-order valence-electron chi connectivity index (χ1n) is 5.24. The number of hydrazone groups is 1. The van der Waals surface area contributed by atoms with Gasteiger partial charge in [-0.05, 0) is 17.7 Å². The molecule has 0 spiro atoms. The monoisotopic (exact) mass is 228 g/mol. The molecule has 2 aromatic rings. The standard InChI is InChI=1S/C13H12N2O2/c16-13(9-11-5-2-1-3-6-11)15-14-10-12-7-4-8-17-12/h1-8,10H,9H2,(H,15,16)/b14-10+. The summed E-state index contributed by atoms with van der Waals surface area (Å²) in [6.07, 6.45) is 3.33. The van der Waals surface area contributed by atoms with Crippen LogP contribution in [0.25, 0.3) is 0 Å². The van der Waals surface area contributed by atoms with Crippen LogP contribution in [0.15, 0.2) is 58.2 Å². The van der Waals surface area contributed by atoms with Gasteiger partial charge in [0.1, 0.15) is 5.76 Å². The van der Waals surface area contributed by atoms with Crippen molar-refractivity contribution >= 4 is 12.1 Å². The number of carbonyl (C=O) groups excluding carboxylic acids is 1. The molecular formula is C13H12N2O2. The van der Waals surface area contributed by atoms with Gasteiger partial charge in [-0.2, -0.15) is 5.10 Å². The van der Waals surface area contributed by atoms with Crippen LogP contribution in [-0.2, 0) is 11.2 Å². The van der Waals surface area contributed by atoms with Crippen molar-refractivity contribution in [2.45, 2.75) is 6.42 Å². The quantitative estimate of drug-likeness (QED) is 0.642. The Morgan fingerprint density at radius 3 is 2.76 bits per heavy atom. The van der Waals surface area contributed by atoms with Gasteiger partial charge in [-0.3, -0.25) is 4.79 Å². The fourth-order valence-electron chi connectivity index (χ4n) is 1.35. The van der Waals surface area contributed by atoms with E-state index < -0.39 is 0 Å². The Morgan fingerprint density at radius 2 is 2.06 bits per heavy atom. The number of nitrogens with zero attached hydrogens (tertiary/aromatic N) is 1. The van der Waals surface area contributed by atoms with Gasteiger partial charge in [-0.25, -0.2) is 5.43 Å². The lowest BCUT2D eigenvalue weighted by molar-refractivity contribution is -0.120. The second-order valence-corrected chi connectivity index (χ2v) is 3.47. The predicted octanol–water partition coefficient (Wildman–Crippen LogP) is 1.97. The fraction of sp³-hybridized carbons (Fsp3) is 0.0769. The van der Waals surface area contributed by atoms with Crippen LogP contribution in [0.2, 0.25) is 0 Å². The molecule has 0 fully saturated rings. The van der Waals surface area contributed by atoms with E-state index in [9.17, 15) is 4.79 Å². The number of amides is 1. The number of benzene rings is 1. The molecule has 0 atom stereocenters. The maximum absolute atomic E-state index is 11.5. The molecule has 1 heterocycles. The van der Waals surface area contributed by atoms with Gasteiger partial charge in [0.15, 0.2) is 0 Å². The Morgan fingerprint density at radius 1 is 1.24 bits per heavy atom. The molecular weight excluding hydrogens is 216 g/mol. The van der Waals surface area contributed by atoms with Gasteiger partial charge in [0, 0.05) is 0 Å². The zero-order valence-corrected chi connectivity index (χ0v) is 9.17. The van der Waals surface area contributed by atoms with Crippen LogP contribution >= 0.6 is 0 Å². The molecule has 0 unspecified atom stereocenters. The van der Waals surface area contributed by atoms with E-state index in [1.165, 1.54) is 6.21 Å². The Balaban J connectivity index is 1.82. The molecule has 2 rings (SSSR count). The minimum absolute atomic E-state index is 0.154. The summed E-state index contributed by atoms with van der Waals surface area (Å²) < 4.78 is 5.03. The summed E-state index contributed by atoms with van der Waals surface area (Å²) >= 11 is 0. The topological polar surface area (TPSA) is 54.6 Å². The summed E-state index contributed by atoms with van der Waals surface area (Å²) in [5.74, 6) is 0.448. The Hall–Kier alpha value is -2.36. The van der Waals surface area contributed by atoms with Gasteiger partial charge in [0.2, 0.25) is 5.91 Å². The summed E-state index contributed by atoms with van der Waals surface area (Å²) in [5, 5.41) is 3.79. The molecule has 17 heavy (non-hydrogen) atoms. The van der Waals surface area contributed by atoms with Gasteiger partial charge >= 0.3 is 0 Å². The minimum Gasteiger partial charge on any atom is -0.463 e. The van der Waals surface area contributed by atoms with E-state index in [1.807, 2.05) is 30.3 Å². The van der Waals surface area contributed by atoms with E-state index in [0.29, 0.717) is 12.2 Å². The highest BCUT2D eigenvalue weighted by molar-refractivity contribution is 5.81. The summed E-state index contributed by atoms with van der Waals surface area (Å²) in [6, 6.07) is 13.0. The smallest absolute Gasteiger partial charge is 0.244 e. The molecule has 0 saturated carbocycles. The molecule has 0 aliphatic heterocycles. The SMILES string of the molecule is O=C(Cc1ccccc1)N/N=C/c1ccco1. The van der Waals surface area contributed by atoms with Gasteiger partial charge in [0.25, 0.3) is 0 Å². The van der Waals surface area contributed by atoms with Crippen LogP contribution in [0, 0.1) is 0 Å². The number of hydrogen-bond donors (Lipinski definition) is 1. The zero-order valence-electron chi connectivity index (χ0n) is 9.17. The maximum Gasteiger partial charge on any atom is 0.244 e. The minimum atomic E-state index is -0.154. The van der Waals surface area contributed by atoms with E-state index in [4.69, 9.17) is 4.42 Å². The lowest BCUT2D eigenvalue weighted by atomic mass is 10.1. The molecule has 0 saturated heterocycles. The Labute approximate surface area is 99.0 Å². The van der Waals surface area contributed by atoms with Crippen LogP contribution in [0.4, 0.5) is 0 Å². The van der Waals surface area contributed by atoms with Crippen molar-refractivity contribution in [1.29, 1.82) is 0 Å². The van der Waals surface area contributed by atoms with Crippen molar-refractivity contribution in [1.82, 2.24) is 5.43 Å². The maximum atomic E-state index is 11.5. The van der Waals surface area contributed by atoms with Crippen LogP contribution in [0.3, 0.4) is 0 Å². The van der Waals surface area contributed by atoms with Gasteiger partial charge in [-0.1, -0.05) is 30.3 Å². The summed E-state index contributed by atoms with van der Waals surface area (Å²) in [7, 11) is 0. The second-order valence-electron chi connectivity index (χ2n) is 3.47. The zero-order chi connectivity index (χ0) is 11.9. The third kappa shape index (κ3) is 3.61. The van der Waals surface area contributed by atoms with Gasteiger partial charge in [0.05, 0.1) is 18.9 Å². The first-order chi connectivity index (χ1) is 8.34. The highest BCUT2D eigenvalue weighted by Gasteiger charge is 2.00. The van der Waals surface area contributed by atoms with Crippen LogP contribution < -0.4 is 5.43 Å². The molecule has 1 N–H and O–H groups in total. The third-order valence-electron chi connectivity index (χ3n) is 2.13. The van der Waals surface area contributed by atoms with Crippen LogP contribution in [0.5, 0.6) is 0 Å². The first-order valence-corrected chi connectivity index (χ1v) is 5.24. The molecule has 0 bridgehead atoms. The highest BCUT2D eigenvalue weighted by Crippen LogP contribution is 1.99. The molecule has 1 aromatic carbocycles. The van der Waals surface area contributed by atoms with Crippen molar-refractivity contribution < 1.29 is 9.21 Å². The molecule has 1 amide bonds. The summed E-state index contributed by atoms with van der Waals surface area (Å²) in [4.78, 5) is 11.5. The normalized spacial score (nSPS) is 10.6. The summed E-state index contributed by atoms with van der Waals surface area (Å²) in [6.45, 7) is 0. The molecule has 4 nitrogen and oxygen atoms in total. The molecule has 0 radical (unpaired) electrons. The molecule has 1 aromatic heterocycles. The van der Waals surface area contributed by atoms with Crippen molar-refractivity contribution in [2.75, 3.05) is 0 Å². The lowest BCUT2D eigenvalue weighted by Gasteiger charge is -1.99. The largest absolute Gasteiger partial charge is 0.463 e. The van der Waals surface area contributed by atoms with Crippen molar-refractivity contribution in [3.8, 4) is 0 Å². The van der Waals surface area contributed by atoms with E-state index in [2.05, 4.69) is 10.5 Å². The third-order valence-corrected chi connectivity index (χ3v) is 2.13. The Kier molecular flexibility index (Phi) is 3.70. The highest BCUT2D eigenvalue weighted by atomic mass is 16.3. The number of hydrogen-bond acceptors (Lipinski definition) is 3. The average Bonchev–Trinajstić information content (AvgIpc) is 2.83. The number of rotatable bonds is 4.